The van der Waals surface area contributed by atoms with Crippen LogP contribution in [-0.2, 0) is 9.53 Å². The maximum absolute atomic E-state index is 12.5. The highest BCUT2D eigenvalue weighted by Crippen LogP contribution is 2.38. The van der Waals surface area contributed by atoms with Crippen LogP contribution >= 0.6 is 0 Å². The predicted molar refractivity (Wildman–Crippen MR) is 119 cm³/mol. The van der Waals surface area contributed by atoms with Crippen LogP contribution in [-0.4, -0.2) is 67.4 Å². The Balaban J connectivity index is 1.57. The van der Waals surface area contributed by atoms with Gasteiger partial charge in [0.15, 0.2) is 11.3 Å². The van der Waals surface area contributed by atoms with Gasteiger partial charge in [-0.05, 0) is 38.0 Å². The number of likely N-dealkylation sites (N-methyl/N-ethyl adjacent to an activating group) is 1. The molecule has 9 nitrogen and oxygen atoms in total. The fourth-order valence-electron chi connectivity index (χ4n) is 3.84. The van der Waals surface area contributed by atoms with E-state index in [1.807, 2.05) is 6.07 Å². The zero-order chi connectivity index (χ0) is 23.2. The molecule has 0 radical (unpaired) electrons. The molecule has 1 amide bonds. The molecule has 1 atom stereocenters. The highest BCUT2D eigenvalue weighted by molar-refractivity contribution is 6.01. The minimum Gasteiger partial charge on any atom is -0.461 e. The molecular weight excluding hydrogens is 422 g/mol. The predicted octanol–water partition coefficient (Wildman–Crippen LogP) is 1.81. The summed E-state index contributed by atoms with van der Waals surface area (Å²) >= 11 is 0. The Morgan fingerprint density at radius 3 is 2.88 bits per heavy atom. The van der Waals surface area contributed by atoms with Crippen molar-refractivity contribution in [3.8, 4) is 17.5 Å². The SMILES string of the molecule is CCOC(=O)c1nn(-c2cccc(C#CC3(O)CCN(C)C3=O)c2)c2nc(C3CC3)ncc12. The number of esters is 1. The number of nitrogens with zero attached hydrogens (tertiary/aromatic N) is 5. The van der Waals surface area contributed by atoms with Crippen LogP contribution in [0.2, 0.25) is 0 Å². The normalized spacial score (nSPS) is 20.1. The van der Waals surface area contributed by atoms with Crippen molar-refractivity contribution in [3.63, 3.8) is 0 Å². The van der Waals surface area contributed by atoms with E-state index in [4.69, 9.17) is 9.72 Å². The smallest absolute Gasteiger partial charge is 0.359 e. The Morgan fingerprint density at radius 2 is 2.18 bits per heavy atom. The van der Waals surface area contributed by atoms with Gasteiger partial charge in [-0.2, -0.15) is 5.10 Å². The summed E-state index contributed by atoms with van der Waals surface area (Å²) in [5.74, 6) is 5.78. The third kappa shape index (κ3) is 3.83. The van der Waals surface area contributed by atoms with E-state index < -0.39 is 17.5 Å². The summed E-state index contributed by atoms with van der Waals surface area (Å²) in [6.45, 7) is 2.43. The van der Waals surface area contributed by atoms with E-state index in [1.165, 1.54) is 4.90 Å². The molecule has 0 spiro atoms. The van der Waals surface area contributed by atoms with Crippen molar-refractivity contribution >= 4 is 22.9 Å². The number of aliphatic hydroxyl groups is 1. The quantitative estimate of drug-likeness (QED) is 0.482. The van der Waals surface area contributed by atoms with Gasteiger partial charge in [0.05, 0.1) is 17.7 Å². The lowest BCUT2D eigenvalue weighted by molar-refractivity contribution is -0.137. The number of ether oxygens (including phenoxy) is 1. The molecule has 1 N–H and O–H groups in total. The molecule has 1 aliphatic carbocycles. The van der Waals surface area contributed by atoms with Crippen molar-refractivity contribution in [2.75, 3.05) is 20.2 Å². The van der Waals surface area contributed by atoms with E-state index >= 15 is 0 Å². The monoisotopic (exact) mass is 445 g/mol. The van der Waals surface area contributed by atoms with Crippen LogP contribution in [0.3, 0.4) is 0 Å². The van der Waals surface area contributed by atoms with E-state index in [-0.39, 0.29) is 18.7 Å². The second-order valence-corrected chi connectivity index (χ2v) is 8.36. The first-order chi connectivity index (χ1) is 15.9. The number of fused-ring (bicyclic) bond motifs is 1. The number of hydrogen-bond acceptors (Lipinski definition) is 7. The molecule has 33 heavy (non-hydrogen) atoms. The minimum atomic E-state index is -1.67. The third-order valence-corrected chi connectivity index (χ3v) is 5.87. The van der Waals surface area contributed by atoms with Crippen molar-refractivity contribution in [1.82, 2.24) is 24.6 Å². The first-order valence-corrected chi connectivity index (χ1v) is 10.9. The van der Waals surface area contributed by atoms with Gasteiger partial charge in [0.25, 0.3) is 5.91 Å². The maximum atomic E-state index is 12.5. The van der Waals surface area contributed by atoms with Crippen LogP contribution in [0.15, 0.2) is 30.5 Å². The number of carbonyl (C=O) groups is 2. The topological polar surface area (TPSA) is 110 Å². The van der Waals surface area contributed by atoms with E-state index in [1.54, 1.807) is 43.0 Å². The zero-order valence-electron chi connectivity index (χ0n) is 18.4. The van der Waals surface area contributed by atoms with Crippen LogP contribution in [0.1, 0.15) is 54.0 Å². The van der Waals surface area contributed by atoms with Crippen LogP contribution in [0.25, 0.3) is 16.7 Å². The third-order valence-electron chi connectivity index (χ3n) is 5.87. The Morgan fingerprint density at radius 1 is 1.36 bits per heavy atom. The fourth-order valence-corrected chi connectivity index (χ4v) is 3.84. The Hall–Kier alpha value is -3.77. The first-order valence-electron chi connectivity index (χ1n) is 10.9. The van der Waals surface area contributed by atoms with Crippen molar-refractivity contribution in [3.05, 3.63) is 47.5 Å². The summed E-state index contributed by atoms with van der Waals surface area (Å²) in [7, 11) is 1.64. The van der Waals surface area contributed by atoms with Gasteiger partial charge in [0, 0.05) is 37.7 Å². The summed E-state index contributed by atoms with van der Waals surface area (Å²) < 4.78 is 6.75. The van der Waals surface area contributed by atoms with Gasteiger partial charge in [-0.3, -0.25) is 4.79 Å². The molecule has 3 heterocycles. The molecule has 1 aliphatic heterocycles. The van der Waals surface area contributed by atoms with Crippen LogP contribution in [0.5, 0.6) is 0 Å². The molecule has 2 fully saturated rings. The van der Waals surface area contributed by atoms with Gasteiger partial charge in [0.2, 0.25) is 5.60 Å². The molecular formula is C24H23N5O4. The van der Waals surface area contributed by atoms with Gasteiger partial charge in [0.1, 0.15) is 5.82 Å². The van der Waals surface area contributed by atoms with Crippen molar-refractivity contribution < 1.29 is 19.4 Å². The standard InChI is InChI=1S/C24H23N5O4/c1-3-33-22(30)19-18-14-25-20(16-7-8-16)26-21(18)29(27-19)17-6-4-5-15(13-17)9-10-24(32)11-12-28(2)23(24)31/h4-6,13-14,16,32H,3,7-8,11-12H2,1-2H3. The number of likely N-dealkylation sites (tertiary alicyclic amines) is 1. The van der Waals surface area contributed by atoms with E-state index in [0.29, 0.717) is 34.7 Å². The number of amides is 1. The van der Waals surface area contributed by atoms with Gasteiger partial charge in [-0.1, -0.05) is 17.9 Å². The Labute approximate surface area is 190 Å². The number of carbonyl (C=O) groups excluding carboxylic acids is 2. The van der Waals surface area contributed by atoms with Crippen LogP contribution in [0.4, 0.5) is 0 Å². The summed E-state index contributed by atoms with van der Waals surface area (Å²) in [5.41, 5.74) is 0.240. The highest BCUT2D eigenvalue weighted by atomic mass is 16.5. The van der Waals surface area contributed by atoms with E-state index in [9.17, 15) is 14.7 Å². The van der Waals surface area contributed by atoms with Crippen molar-refractivity contribution in [2.45, 2.75) is 37.7 Å². The second-order valence-electron chi connectivity index (χ2n) is 8.36. The number of aromatic nitrogens is 4. The van der Waals surface area contributed by atoms with Crippen LogP contribution in [0, 0.1) is 11.8 Å². The molecule has 0 bridgehead atoms. The molecule has 2 aliphatic rings. The first kappa shape index (κ1) is 21.1. The Kier molecular flexibility index (Phi) is 5.10. The summed E-state index contributed by atoms with van der Waals surface area (Å²) in [6, 6.07) is 7.19. The highest BCUT2D eigenvalue weighted by Gasteiger charge is 2.42. The van der Waals surface area contributed by atoms with E-state index in [0.717, 1.165) is 18.7 Å². The maximum Gasteiger partial charge on any atom is 0.359 e. The number of hydrogen-bond donors (Lipinski definition) is 1. The van der Waals surface area contributed by atoms with Gasteiger partial charge in [-0.25, -0.2) is 19.4 Å². The molecule has 1 saturated carbocycles. The lowest BCUT2D eigenvalue weighted by atomic mass is 10.0. The molecule has 1 unspecified atom stereocenters. The summed E-state index contributed by atoms with van der Waals surface area (Å²) in [6.07, 6.45) is 3.99. The zero-order valence-corrected chi connectivity index (χ0v) is 18.4. The Bertz CT molecular complexity index is 1330. The molecule has 3 aromatic rings. The molecule has 2 aromatic heterocycles. The van der Waals surface area contributed by atoms with Gasteiger partial charge < -0.3 is 14.7 Å². The molecule has 5 rings (SSSR count). The lowest BCUT2D eigenvalue weighted by Gasteiger charge is -2.13. The summed E-state index contributed by atoms with van der Waals surface area (Å²) in [4.78, 5) is 35.3. The van der Waals surface area contributed by atoms with Crippen LogP contribution < -0.4 is 0 Å². The average Bonchev–Trinajstić information content (AvgIpc) is 3.56. The van der Waals surface area contributed by atoms with Crippen molar-refractivity contribution in [2.24, 2.45) is 0 Å². The molecule has 1 aromatic carbocycles. The number of benzene rings is 1. The largest absolute Gasteiger partial charge is 0.461 e. The fraction of sp³-hybridized carbons (Fsp3) is 0.375. The minimum absolute atomic E-state index is 0.152. The lowest BCUT2D eigenvalue weighted by Crippen LogP contribution is -2.37. The van der Waals surface area contributed by atoms with E-state index in [2.05, 4.69) is 21.9 Å². The second kappa shape index (κ2) is 7.98. The van der Waals surface area contributed by atoms with Gasteiger partial charge >= 0.3 is 5.97 Å². The molecule has 168 valence electrons. The average molecular weight is 445 g/mol. The molecule has 9 heteroatoms. The van der Waals surface area contributed by atoms with Crippen molar-refractivity contribution in [1.29, 1.82) is 0 Å². The molecule has 1 saturated heterocycles. The number of rotatable bonds is 4. The van der Waals surface area contributed by atoms with Gasteiger partial charge in [-0.15, -0.1) is 0 Å². The summed E-state index contributed by atoms with van der Waals surface area (Å²) in [5, 5.41) is 15.6.